The van der Waals surface area contributed by atoms with Gasteiger partial charge in [-0.25, -0.2) is 0 Å². The minimum Gasteiger partial charge on any atom is -0.0834 e. The van der Waals surface area contributed by atoms with Crippen LogP contribution in [0.4, 0.5) is 0 Å². The molecule has 212 valence electrons. The number of halogens is 2. The summed E-state index contributed by atoms with van der Waals surface area (Å²) in [5.74, 6) is 0. The van der Waals surface area contributed by atoms with E-state index in [1.165, 1.54) is 43.5 Å². The lowest BCUT2D eigenvalue weighted by Gasteiger charge is -2.39. The summed E-state index contributed by atoms with van der Waals surface area (Å²) in [4.78, 5) is 0. The van der Waals surface area contributed by atoms with E-state index in [1.807, 2.05) is 0 Å². The molecule has 2 aromatic carbocycles. The Morgan fingerprint density at radius 2 is 0.976 bits per heavy atom. The minimum absolute atomic E-state index is 0.186. The molecule has 2 aliphatic heterocycles. The Labute approximate surface area is 259 Å². The lowest BCUT2D eigenvalue weighted by molar-refractivity contribution is 0.494. The van der Waals surface area contributed by atoms with Crippen LogP contribution in [0.5, 0.6) is 0 Å². The van der Waals surface area contributed by atoms with Gasteiger partial charge in [0, 0.05) is 27.9 Å². The smallest absolute Gasteiger partial charge is 0.0517 e. The van der Waals surface area contributed by atoms with Crippen LogP contribution in [0.25, 0.3) is 0 Å². The molecule has 0 aromatic heterocycles. The maximum Gasteiger partial charge on any atom is 0.0517 e. The van der Waals surface area contributed by atoms with Gasteiger partial charge in [-0.1, -0.05) is 125 Å². The fourth-order valence-corrected chi connectivity index (χ4v) is 15.2. The van der Waals surface area contributed by atoms with Crippen LogP contribution >= 0.6 is 39.0 Å². The van der Waals surface area contributed by atoms with E-state index in [0.29, 0.717) is 11.3 Å². The van der Waals surface area contributed by atoms with Crippen LogP contribution in [0.2, 0.25) is 0 Å². The maximum atomic E-state index is 7.36. The first-order valence-corrected chi connectivity index (χ1v) is 18.8. The highest BCUT2D eigenvalue weighted by Crippen LogP contribution is 2.73. The number of hydrogen-bond acceptors (Lipinski definition) is 0. The zero-order chi connectivity index (χ0) is 29.1. The van der Waals surface area contributed by atoms with Crippen molar-refractivity contribution in [2.75, 3.05) is 0 Å². The van der Waals surface area contributed by atoms with Crippen molar-refractivity contribution in [3.63, 3.8) is 0 Å². The monoisotopic (exact) mass is 616 g/mol. The molecule has 0 amide bonds. The number of allylic oxidation sites excluding steroid dienone is 12. The molecule has 2 aromatic rings. The third-order valence-corrected chi connectivity index (χ3v) is 16.2. The van der Waals surface area contributed by atoms with Gasteiger partial charge in [0.2, 0.25) is 0 Å². The summed E-state index contributed by atoms with van der Waals surface area (Å²) in [6.07, 6.45) is 9.02. The molecule has 2 heterocycles. The van der Waals surface area contributed by atoms with E-state index in [1.54, 1.807) is 11.1 Å². The lowest BCUT2D eigenvalue weighted by atomic mass is 9.70. The Morgan fingerprint density at radius 1 is 0.610 bits per heavy atom. The first kappa shape index (κ1) is 29.4. The van der Waals surface area contributed by atoms with E-state index in [2.05, 4.69) is 114 Å². The van der Waals surface area contributed by atoms with E-state index in [9.17, 15) is 0 Å². The Bertz CT molecular complexity index is 1450. The average Bonchev–Trinajstić information content (AvgIpc) is 3.70. The van der Waals surface area contributed by atoms with Crippen molar-refractivity contribution in [2.45, 2.75) is 78.5 Å². The van der Waals surface area contributed by atoms with Gasteiger partial charge in [-0.2, -0.15) is 0 Å². The molecule has 2 aliphatic carbocycles. The van der Waals surface area contributed by atoms with Crippen LogP contribution in [-0.4, -0.2) is 11.3 Å². The highest BCUT2D eigenvalue weighted by atomic mass is 35.5. The second-order valence-electron chi connectivity index (χ2n) is 11.9. The topological polar surface area (TPSA) is 0 Å². The van der Waals surface area contributed by atoms with Gasteiger partial charge < -0.3 is 0 Å². The standard InChI is InChI=1S/C37H40Cl2P2/c1-7-23-21-29-31(35(23)38)33(27(9-3)40(29)25-17-13-11-14-18-25)37(5,6)34-28(10-4)41(26-19-15-12-16-20-26)30-22-24(8-2)36(39)32(30)34/h11-22,27-28H,7-10H2,1-6H3. The third-order valence-electron chi connectivity index (χ3n) is 9.44. The summed E-state index contributed by atoms with van der Waals surface area (Å²) in [5, 5.41) is 7.88. The molecule has 0 radical (unpaired) electrons. The first-order valence-electron chi connectivity index (χ1n) is 15.2. The van der Waals surface area contributed by atoms with Crippen LogP contribution in [0.1, 0.15) is 67.2 Å². The molecule has 0 nitrogen and oxygen atoms in total. The zero-order valence-electron chi connectivity index (χ0n) is 25.1. The average molecular weight is 618 g/mol. The molecule has 41 heavy (non-hydrogen) atoms. The van der Waals surface area contributed by atoms with Gasteiger partial charge in [0.15, 0.2) is 0 Å². The summed E-state index contributed by atoms with van der Waals surface area (Å²) in [6.45, 7) is 14.2. The molecule has 0 fully saturated rings. The van der Waals surface area contributed by atoms with Crippen molar-refractivity contribution < 1.29 is 0 Å². The minimum atomic E-state index is -0.547. The van der Waals surface area contributed by atoms with Crippen molar-refractivity contribution in [1.29, 1.82) is 0 Å². The van der Waals surface area contributed by atoms with Gasteiger partial charge in [-0.15, -0.1) is 0 Å². The van der Waals surface area contributed by atoms with Crippen molar-refractivity contribution in [3.05, 3.63) is 127 Å². The van der Waals surface area contributed by atoms with Gasteiger partial charge in [0.1, 0.15) is 0 Å². The third kappa shape index (κ3) is 4.47. The summed E-state index contributed by atoms with van der Waals surface area (Å²) >= 11 is 14.7. The Kier molecular flexibility index (Phi) is 8.20. The van der Waals surface area contributed by atoms with Gasteiger partial charge in [0.25, 0.3) is 0 Å². The largest absolute Gasteiger partial charge is 0.0834 e. The lowest BCUT2D eigenvalue weighted by Crippen LogP contribution is -2.30. The normalized spacial score (nSPS) is 25.9. The Balaban J connectivity index is 1.60. The number of fused-ring (bicyclic) bond motifs is 2. The van der Waals surface area contributed by atoms with Crippen LogP contribution in [0.15, 0.2) is 127 Å². The van der Waals surface area contributed by atoms with Crippen molar-refractivity contribution in [3.8, 4) is 0 Å². The quantitative estimate of drug-likeness (QED) is 0.259. The van der Waals surface area contributed by atoms with E-state index in [-0.39, 0.29) is 5.41 Å². The van der Waals surface area contributed by atoms with Gasteiger partial charge >= 0.3 is 0 Å². The first-order chi connectivity index (χ1) is 19.8. The molecule has 4 unspecified atom stereocenters. The van der Waals surface area contributed by atoms with Crippen LogP contribution < -0.4 is 10.6 Å². The van der Waals surface area contributed by atoms with Gasteiger partial charge in [0.05, 0.1) is 10.1 Å². The summed E-state index contributed by atoms with van der Waals surface area (Å²) in [6, 6.07) is 22.4. The van der Waals surface area contributed by atoms with E-state index in [4.69, 9.17) is 23.2 Å². The highest BCUT2D eigenvalue weighted by molar-refractivity contribution is 7.72. The Morgan fingerprint density at radius 3 is 1.29 bits per heavy atom. The number of rotatable bonds is 8. The van der Waals surface area contributed by atoms with Crippen molar-refractivity contribution in [1.82, 2.24) is 0 Å². The second-order valence-corrected chi connectivity index (χ2v) is 17.4. The van der Waals surface area contributed by atoms with Crippen molar-refractivity contribution >= 4 is 49.7 Å². The Hall–Kier alpha value is -1.68. The van der Waals surface area contributed by atoms with E-state index >= 15 is 0 Å². The summed E-state index contributed by atoms with van der Waals surface area (Å²) in [5.41, 5.74) is 9.11. The van der Waals surface area contributed by atoms with E-state index in [0.717, 1.165) is 35.7 Å². The zero-order valence-corrected chi connectivity index (χ0v) is 28.4. The molecule has 6 rings (SSSR count). The molecule has 0 saturated carbocycles. The molecule has 4 heteroatoms. The maximum absolute atomic E-state index is 7.36. The van der Waals surface area contributed by atoms with Gasteiger partial charge in [-0.3, -0.25) is 0 Å². The molecule has 4 aliphatic rings. The van der Waals surface area contributed by atoms with Crippen LogP contribution in [0, 0.1) is 5.41 Å². The van der Waals surface area contributed by atoms with E-state index < -0.39 is 15.8 Å². The molecular weight excluding hydrogens is 577 g/mol. The SMILES string of the molecule is CCC1=C(Cl)C2=C(C(C)(C)C3=C4C(=CC(CC)=C4Cl)P(c4ccccc4)C3CC)C(CC)P(c3ccccc3)C2=C1. The highest BCUT2D eigenvalue weighted by Gasteiger charge is 2.53. The molecule has 0 saturated heterocycles. The molecule has 0 N–H and O–H groups in total. The summed E-state index contributed by atoms with van der Waals surface area (Å²) < 4.78 is 0. The molecule has 4 atom stereocenters. The number of benzene rings is 2. The molecular formula is C37H40Cl2P2. The molecule has 0 bridgehead atoms. The molecule has 0 spiro atoms. The number of hydrogen-bond donors (Lipinski definition) is 0. The fraction of sp³-hybridized carbons (Fsp3) is 0.351. The second kappa shape index (κ2) is 11.4. The van der Waals surface area contributed by atoms with Crippen LogP contribution in [0.3, 0.4) is 0 Å². The summed E-state index contributed by atoms with van der Waals surface area (Å²) in [7, 11) is -1.09. The predicted octanol–water partition coefficient (Wildman–Crippen LogP) is 11.4. The predicted molar refractivity (Wildman–Crippen MR) is 184 cm³/mol. The van der Waals surface area contributed by atoms with Gasteiger partial charge in [-0.05, 0) is 97.2 Å². The fourth-order valence-electron chi connectivity index (χ4n) is 7.67. The van der Waals surface area contributed by atoms with Crippen molar-refractivity contribution in [2.24, 2.45) is 5.41 Å². The van der Waals surface area contributed by atoms with Crippen LogP contribution in [-0.2, 0) is 0 Å².